The molecule has 38 heavy (non-hydrogen) atoms. The lowest BCUT2D eigenvalue weighted by Crippen LogP contribution is -2.16. The molecule has 5 aromatic rings. The Labute approximate surface area is 220 Å². The van der Waals surface area contributed by atoms with Crippen molar-refractivity contribution in [2.24, 2.45) is 0 Å². The number of ether oxygens (including phenoxy) is 1. The largest absolute Gasteiger partial charge is 0.487 e. The molecule has 0 saturated heterocycles. The number of aromatic amines is 1. The molecule has 7 heteroatoms. The van der Waals surface area contributed by atoms with Crippen molar-refractivity contribution in [1.29, 1.82) is 0 Å². The van der Waals surface area contributed by atoms with Gasteiger partial charge in [0.15, 0.2) is 0 Å². The van der Waals surface area contributed by atoms with Gasteiger partial charge in [-0.3, -0.25) is 4.79 Å². The number of carbonyl (C=O) groups excluding carboxylic acids is 1. The molecule has 1 amide bonds. The zero-order valence-electron chi connectivity index (χ0n) is 21.2. The Bertz CT molecular complexity index is 1580. The van der Waals surface area contributed by atoms with Crippen LogP contribution in [0, 0.1) is 6.92 Å². The predicted molar refractivity (Wildman–Crippen MR) is 147 cm³/mol. The number of carbonyl (C=O) groups is 1. The Balaban J connectivity index is 1.45. The standard InChI is InChI=1S/C31H27N5O2/c1-19-12-14-21(15-13-19)16-28(37)32-27-18-23(24-10-6-7-11-25(24)31-33-35-36-34-31)17-26-29(20(2)38-30(26)27)22-8-4-3-5-9-22/h3-15,17-18,20,29H,16H2,1-2H3,(H,32,37)(H,33,34,35,36)/t20-,29-/m0/s1. The molecule has 7 nitrogen and oxygen atoms in total. The fourth-order valence-corrected chi connectivity index (χ4v) is 5.17. The molecule has 0 spiro atoms. The molecule has 0 unspecified atom stereocenters. The smallest absolute Gasteiger partial charge is 0.228 e. The summed E-state index contributed by atoms with van der Waals surface area (Å²) in [5, 5.41) is 17.8. The van der Waals surface area contributed by atoms with Gasteiger partial charge in [0.05, 0.1) is 12.1 Å². The Morgan fingerprint density at radius 1 is 0.947 bits per heavy atom. The van der Waals surface area contributed by atoms with Gasteiger partial charge in [0.1, 0.15) is 11.9 Å². The van der Waals surface area contributed by atoms with E-state index in [0.717, 1.165) is 33.4 Å². The van der Waals surface area contributed by atoms with Crippen LogP contribution in [0.3, 0.4) is 0 Å². The number of amides is 1. The van der Waals surface area contributed by atoms with E-state index in [1.165, 1.54) is 5.56 Å². The highest BCUT2D eigenvalue weighted by Crippen LogP contribution is 2.49. The average molecular weight is 502 g/mol. The first-order valence-corrected chi connectivity index (χ1v) is 12.6. The highest BCUT2D eigenvalue weighted by atomic mass is 16.5. The second-order valence-corrected chi connectivity index (χ2v) is 9.65. The summed E-state index contributed by atoms with van der Waals surface area (Å²) < 4.78 is 6.41. The number of H-pyrrole nitrogens is 1. The molecular formula is C31H27N5O2. The van der Waals surface area contributed by atoms with Gasteiger partial charge in [-0.05, 0) is 53.4 Å². The number of aromatic nitrogens is 4. The normalized spacial score (nSPS) is 16.1. The number of nitrogens with zero attached hydrogens (tertiary/aromatic N) is 3. The van der Waals surface area contributed by atoms with Gasteiger partial charge in [-0.1, -0.05) is 84.4 Å². The second kappa shape index (κ2) is 9.94. The third kappa shape index (κ3) is 4.54. The number of nitrogens with one attached hydrogen (secondary N) is 2. The molecule has 6 rings (SSSR count). The van der Waals surface area contributed by atoms with Crippen molar-refractivity contribution >= 4 is 11.6 Å². The van der Waals surface area contributed by atoms with Crippen molar-refractivity contribution in [2.45, 2.75) is 32.3 Å². The summed E-state index contributed by atoms with van der Waals surface area (Å²) in [6.07, 6.45) is 0.180. The molecule has 1 aromatic heterocycles. The Kier molecular flexibility index (Phi) is 6.17. The first-order chi connectivity index (χ1) is 18.6. The predicted octanol–water partition coefficient (Wildman–Crippen LogP) is 5.94. The van der Waals surface area contributed by atoms with Gasteiger partial charge < -0.3 is 10.1 Å². The van der Waals surface area contributed by atoms with E-state index in [2.05, 4.69) is 51.1 Å². The van der Waals surface area contributed by atoms with Crippen molar-refractivity contribution in [2.75, 3.05) is 5.32 Å². The number of benzene rings is 4. The van der Waals surface area contributed by atoms with Crippen molar-refractivity contribution in [1.82, 2.24) is 20.6 Å². The highest BCUT2D eigenvalue weighted by molar-refractivity contribution is 5.96. The van der Waals surface area contributed by atoms with E-state index in [-0.39, 0.29) is 24.3 Å². The maximum Gasteiger partial charge on any atom is 0.228 e. The van der Waals surface area contributed by atoms with Crippen LogP contribution in [0.25, 0.3) is 22.5 Å². The van der Waals surface area contributed by atoms with E-state index >= 15 is 0 Å². The van der Waals surface area contributed by atoms with Crippen LogP contribution in [0.5, 0.6) is 5.75 Å². The number of hydrogen-bond donors (Lipinski definition) is 2. The molecule has 4 aromatic carbocycles. The van der Waals surface area contributed by atoms with E-state index in [1.807, 2.05) is 79.7 Å². The van der Waals surface area contributed by atoms with Crippen LogP contribution in [0.4, 0.5) is 5.69 Å². The summed E-state index contributed by atoms with van der Waals surface area (Å²) in [4.78, 5) is 13.2. The summed E-state index contributed by atoms with van der Waals surface area (Å²) >= 11 is 0. The molecule has 0 bridgehead atoms. The minimum absolute atomic E-state index is 0.0243. The van der Waals surface area contributed by atoms with Gasteiger partial charge in [-0.25, -0.2) is 0 Å². The lowest BCUT2D eigenvalue weighted by molar-refractivity contribution is -0.115. The first-order valence-electron chi connectivity index (χ1n) is 12.6. The SMILES string of the molecule is Cc1ccc(CC(=O)Nc2cc(-c3ccccc3-c3nn[nH]n3)cc3c2O[C@@H](C)[C@H]3c2ccccc2)cc1. The maximum atomic E-state index is 13.2. The van der Waals surface area contributed by atoms with Crippen LogP contribution in [-0.2, 0) is 11.2 Å². The zero-order valence-corrected chi connectivity index (χ0v) is 21.2. The number of anilines is 1. The van der Waals surface area contributed by atoms with Crippen molar-refractivity contribution in [3.8, 4) is 28.3 Å². The van der Waals surface area contributed by atoms with Crippen LogP contribution < -0.4 is 10.1 Å². The molecule has 0 fully saturated rings. The summed E-state index contributed by atoms with van der Waals surface area (Å²) in [6.45, 7) is 4.11. The van der Waals surface area contributed by atoms with Crippen molar-refractivity contribution in [3.05, 3.63) is 113 Å². The van der Waals surface area contributed by atoms with Gasteiger partial charge in [-0.2, -0.15) is 5.21 Å². The minimum Gasteiger partial charge on any atom is -0.487 e. The minimum atomic E-state index is -0.0981. The molecule has 0 aliphatic carbocycles. The van der Waals surface area contributed by atoms with Crippen LogP contribution >= 0.6 is 0 Å². The van der Waals surface area contributed by atoms with Crippen molar-refractivity contribution in [3.63, 3.8) is 0 Å². The Morgan fingerprint density at radius 3 is 2.42 bits per heavy atom. The van der Waals surface area contributed by atoms with E-state index < -0.39 is 0 Å². The lowest BCUT2D eigenvalue weighted by atomic mass is 9.86. The third-order valence-electron chi connectivity index (χ3n) is 6.97. The summed E-state index contributed by atoms with van der Waals surface area (Å²) in [5.41, 5.74) is 7.71. The maximum absolute atomic E-state index is 13.2. The fourth-order valence-electron chi connectivity index (χ4n) is 5.17. The average Bonchev–Trinajstić information content (AvgIpc) is 3.58. The fraction of sp³-hybridized carbons (Fsp3) is 0.161. The zero-order chi connectivity index (χ0) is 26.1. The Morgan fingerprint density at radius 2 is 1.68 bits per heavy atom. The van der Waals surface area contributed by atoms with Crippen LogP contribution in [0.2, 0.25) is 0 Å². The van der Waals surface area contributed by atoms with E-state index in [0.29, 0.717) is 17.3 Å². The molecule has 1 aliphatic rings. The lowest BCUT2D eigenvalue weighted by Gasteiger charge is -2.16. The summed E-state index contributed by atoms with van der Waals surface area (Å²) in [7, 11) is 0. The molecule has 2 heterocycles. The summed E-state index contributed by atoms with van der Waals surface area (Å²) in [6, 6.07) is 30.4. The van der Waals surface area contributed by atoms with Gasteiger partial charge in [0.2, 0.25) is 11.7 Å². The number of fused-ring (bicyclic) bond motifs is 1. The van der Waals surface area contributed by atoms with Crippen LogP contribution in [-0.4, -0.2) is 32.6 Å². The Hall–Kier alpha value is -4.78. The molecule has 2 N–H and O–H groups in total. The van der Waals surface area contributed by atoms with Gasteiger partial charge in [-0.15, -0.1) is 10.2 Å². The van der Waals surface area contributed by atoms with Crippen LogP contribution in [0.15, 0.2) is 91.0 Å². The quantitative estimate of drug-likeness (QED) is 0.301. The van der Waals surface area contributed by atoms with Crippen LogP contribution in [0.1, 0.15) is 35.1 Å². The topological polar surface area (TPSA) is 92.8 Å². The first kappa shape index (κ1) is 23.6. The molecule has 2 atom stereocenters. The summed E-state index contributed by atoms with van der Waals surface area (Å²) in [5.74, 6) is 1.15. The van der Waals surface area contributed by atoms with Crippen molar-refractivity contribution < 1.29 is 9.53 Å². The van der Waals surface area contributed by atoms with E-state index in [1.54, 1.807) is 0 Å². The second-order valence-electron chi connectivity index (χ2n) is 9.65. The van der Waals surface area contributed by atoms with Gasteiger partial charge in [0, 0.05) is 17.0 Å². The molecular weight excluding hydrogens is 474 g/mol. The van der Waals surface area contributed by atoms with E-state index in [4.69, 9.17) is 4.74 Å². The number of hydrogen-bond acceptors (Lipinski definition) is 5. The monoisotopic (exact) mass is 501 g/mol. The number of tetrazole rings is 1. The third-order valence-corrected chi connectivity index (χ3v) is 6.97. The van der Waals surface area contributed by atoms with Gasteiger partial charge >= 0.3 is 0 Å². The molecule has 188 valence electrons. The number of aryl methyl sites for hydroxylation is 1. The molecule has 1 aliphatic heterocycles. The van der Waals surface area contributed by atoms with Gasteiger partial charge in [0.25, 0.3) is 0 Å². The molecule has 0 radical (unpaired) electrons. The molecule has 0 saturated carbocycles. The highest BCUT2D eigenvalue weighted by Gasteiger charge is 2.35. The number of rotatable bonds is 6. The van der Waals surface area contributed by atoms with E-state index in [9.17, 15) is 4.79 Å².